The van der Waals surface area contributed by atoms with Crippen LogP contribution in [0.3, 0.4) is 0 Å². The number of rotatable bonds is 7. The minimum absolute atomic E-state index is 0.0245. The van der Waals surface area contributed by atoms with Crippen LogP contribution in [-0.4, -0.2) is 21.0 Å². The van der Waals surface area contributed by atoms with Gasteiger partial charge in [-0.05, 0) is 12.0 Å². The second-order valence-electron chi connectivity index (χ2n) is 6.93. The van der Waals surface area contributed by atoms with Gasteiger partial charge in [0.25, 0.3) is 0 Å². The molecule has 0 spiro atoms. The lowest BCUT2D eigenvalue weighted by molar-refractivity contribution is -0.115. The van der Waals surface area contributed by atoms with Gasteiger partial charge in [-0.15, -0.1) is 0 Å². The van der Waals surface area contributed by atoms with Crippen molar-refractivity contribution < 1.29 is 31.9 Å². The third-order valence-corrected chi connectivity index (χ3v) is 4.66. The zero-order chi connectivity index (χ0) is 23.4. The molecule has 2 N–H and O–H groups in total. The van der Waals surface area contributed by atoms with Crippen molar-refractivity contribution in [1.82, 2.24) is 9.97 Å². The molecule has 1 aromatic heterocycles. The number of aliphatic hydroxyl groups excluding tert-OH is 1. The first-order valence-electron chi connectivity index (χ1n) is 9.63. The molecule has 10 heteroatoms. The van der Waals surface area contributed by atoms with Crippen LogP contribution in [0.2, 0.25) is 0 Å². The number of anilines is 1. The average Bonchev–Trinajstić information content (AvgIpc) is 2.80. The highest BCUT2D eigenvalue weighted by molar-refractivity contribution is 5.92. The number of aryl methyl sites for hydroxylation is 1. The summed E-state index contributed by atoms with van der Waals surface area (Å²) in [6.07, 6.45) is 1.35. The van der Waals surface area contributed by atoms with Crippen molar-refractivity contribution in [1.29, 1.82) is 0 Å². The van der Waals surface area contributed by atoms with Gasteiger partial charge >= 0.3 is 0 Å². The molecule has 0 aliphatic rings. The Morgan fingerprint density at radius 1 is 0.969 bits per heavy atom. The fourth-order valence-electron chi connectivity index (χ4n) is 3.01. The molecule has 0 saturated carbocycles. The lowest BCUT2D eigenvalue weighted by atomic mass is 10.1. The summed E-state index contributed by atoms with van der Waals surface area (Å²) in [6, 6.07) is 6.92. The Balaban J connectivity index is 1.86. The Kier molecular flexibility index (Phi) is 7.14. The van der Waals surface area contributed by atoms with Crippen molar-refractivity contribution in [3.8, 4) is 11.3 Å². The number of carbonyl (C=O) groups excluding carboxylic acids is 1. The SMILES string of the molecule is CCCc1nc(-c2ccc(CO)cc2)cnc1NC(=O)Cc1c(F)c(F)c(F)c(F)c1F. The van der Waals surface area contributed by atoms with E-state index in [9.17, 15) is 26.7 Å². The van der Waals surface area contributed by atoms with E-state index >= 15 is 0 Å². The summed E-state index contributed by atoms with van der Waals surface area (Å²) < 4.78 is 67.6. The third-order valence-electron chi connectivity index (χ3n) is 4.66. The molecule has 0 bridgehead atoms. The van der Waals surface area contributed by atoms with E-state index in [1.165, 1.54) is 6.20 Å². The highest BCUT2D eigenvalue weighted by atomic mass is 19.2. The van der Waals surface area contributed by atoms with Crippen LogP contribution in [0.5, 0.6) is 0 Å². The van der Waals surface area contributed by atoms with Gasteiger partial charge in [-0.2, -0.15) is 0 Å². The normalized spacial score (nSPS) is 11.0. The van der Waals surface area contributed by atoms with Crippen molar-refractivity contribution in [3.63, 3.8) is 0 Å². The van der Waals surface area contributed by atoms with Gasteiger partial charge < -0.3 is 10.4 Å². The number of benzene rings is 2. The maximum atomic E-state index is 13.9. The fourth-order valence-corrected chi connectivity index (χ4v) is 3.01. The van der Waals surface area contributed by atoms with Crippen molar-refractivity contribution in [2.75, 3.05) is 5.32 Å². The Morgan fingerprint density at radius 3 is 2.12 bits per heavy atom. The molecule has 168 valence electrons. The molecular weight excluding hydrogens is 433 g/mol. The first kappa shape index (κ1) is 23.3. The highest BCUT2D eigenvalue weighted by Gasteiger charge is 2.27. The molecule has 1 amide bonds. The minimum Gasteiger partial charge on any atom is -0.392 e. The molecular formula is C22H18F5N3O2. The number of amides is 1. The summed E-state index contributed by atoms with van der Waals surface area (Å²) in [5, 5.41) is 11.5. The largest absolute Gasteiger partial charge is 0.392 e. The molecule has 3 aromatic rings. The Morgan fingerprint density at radius 2 is 1.56 bits per heavy atom. The van der Waals surface area contributed by atoms with Gasteiger partial charge in [-0.1, -0.05) is 37.6 Å². The average molecular weight is 451 g/mol. The Labute approximate surface area is 180 Å². The van der Waals surface area contributed by atoms with Crippen LogP contribution in [0, 0.1) is 29.1 Å². The molecule has 0 aliphatic heterocycles. The number of halogens is 5. The van der Waals surface area contributed by atoms with Crippen molar-refractivity contribution in [3.05, 3.63) is 76.4 Å². The molecule has 3 rings (SSSR count). The van der Waals surface area contributed by atoms with E-state index < -0.39 is 47.0 Å². The zero-order valence-corrected chi connectivity index (χ0v) is 16.9. The first-order valence-corrected chi connectivity index (χ1v) is 9.63. The highest BCUT2D eigenvalue weighted by Crippen LogP contribution is 2.25. The van der Waals surface area contributed by atoms with E-state index in [4.69, 9.17) is 5.11 Å². The standard InChI is InChI=1S/C22H18F5N3O2/c1-2-3-14-22(28-9-15(29-14)12-6-4-11(10-31)5-7-12)30-16(32)8-13-17(23)19(25)21(27)20(26)18(13)24/h4-7,9,31H,2-3,8,10H2,1H3,(H,28,30,32). The predicted molar refractivity (Wildman–Crippen MR) is 106 cm³/mol. The first-order chi connectivity index (χ1) is 15.3. The quantitative estimate of drug-likeness (QED) is 0.316. The van der Waals surface area contributed by atoms with Gasteiger partial charge in [0, 0.05) is 11.1 Å². The van der Waals surface area contributed by atoms with Crippen molar-refractivity contribution in [2.45, 2.75) is 32.8 Å². The van der Waals surface area contributed by atoms with Crippen LogP contribution in [0.4, 0.5) is 27.8 Å². The monoisotopic (exact) mass is 451 g/mol. The van der Waals surface area contributed by atoms with E-state index in [1.54, 1.807) is 24.3 Å². The van der Waals surface area contributed by atoms with Crippen LogP contribution in [-0.2, 0) is 24.2 Å². The predicted octanol–water partition coefficient (Wildman–Crippen LogP) is 4.47. The maximum Gasteiger partial charge on any atom is 0.230 e. The van der Waals surface area contributed by atoms with Crippen LogP contribution in [0.1, 0.15) is 30.2 Å². The van der Waals surface area contributed by atoms with E-state index in [1.807, 2.05) is 6.92 Å². The summed E-state index contributed by atoms with van der Waals surface area (Å²) in [5.74, 6) is -11.6. The van der Waals surface area contributed by atoms with Crippen molar-refractivity contribution >= 4 is 11.7 Å². The van der Waals surface area contributed by atoms with Gasteiger partial charge in [0.2, 0.25) is 11.7 Å². The number of nitrogens with zero attached hydrogens (tertiary/aromatic N) is 2. The lowest BCUT2D eigenvalue weighted by Gasteiger charge is -2.12. The molecule has 0 fully saturated rings. The van der Waals surface area contributed by atoms with Gasteiger partial charge in [0.1, 0.15) is 0 Å². The molecule has 0 atom stereocenters. The smallest absolute Gasteiger partial charge is 0.230 e. The summed E-state index contributed by atoms with van der Waals surface area (Å²) in [5.41, 5.74) is 1.08. The number of hydrogen-bond donors (Lipinski definition) is 2. The number of carbonyl (C=O) groups is 1. The van der Waals surface area contributed by atoms with Crippen LogP contribution in [0.25, 0.3) is 11.3 Å². The number of hydrogen-bond acceptors (Lipinski definition) is 4. The van der Waals surface area contributed by atoms with Gasteiger partial charge in [0.15, 0.2) is 29.1 Å². The summed E-state index contributed by atoms with van der Waals surface area (Å²) in [6.45, 7) is 1.76. The number of nitrogens with one attached hydrogen (secondary N) is 1. The molecule has 0 saturated heterocycles. The number of aromatic nitrogens is 2. The van der Waals surface area contributed by atoms with Crippen LogP contribution >= 0.6 is 0 Å². The van der Waals surface area contributed by atoms with E-state index in [-0.39, 0.29) is 12.4 Å². The zero-order valence-electron chi connectivity index (χ0n) is 16.9. The van der Waals surface area contributed by atoms with Crippen molar-refractivity contribution in [2.24, 2.45) is 0 Å². The maximum absolute atomic E-state index is 13.9. The minimum atomic E-state index is -2.29. The van der Waals surface area contributed by atoms with Gasteiger partial charge in [-0.3, -0.25) is 4.79 Å². The molecule has 2 aromatic carbocycles. The second-order valence-corrected chi connectivity index (χ2v) is 6.93. The molecule has 32 heavy (non-hydrogen) atoms. The van der Waals surface area contributed by atoms with Crippen LogP contribution in [0.15, 0.2) is 30.5 Å². The molecule has 0 radical (unpaired) electrons. The molecule has 1 heterocycles. The third kappa shape index (κ3) is 4.75. The number of aliphatic hydroxyl groups is 1. The molecule has 0 aliphatic carbocycles. The van der Waals surface area contributed by atoms with E-state index in [0.29, 0.717) is 35.4 Å². The summed E-state index contributed by atoms with van der Waals surface area (Å²) in [7, 11) is 0. The molecule has 0 unspecified atom stereocenters. The Bertz CT molecular complexity index is 1120. The van der Waals surface area contributed by atoms with Crippen LogP contribution < -0.4 is 5.32 Å². The fraction of sp³-hybridized carbons (Fsp3) is 0.227. The van der Waals surface area contributed by atoms with E-state index in [0.717, 1.165) is 0 Å². The topological polar surface area (TPSA) is 75.1 Å². The van der Waals surface area contributed by atoms with E-state index in [2.05, 4.69) is 15.3 Å². The lowest BCUT2D eigenvalue weighted by Crippen LogP contribution is -2.20. The summed E-state index contributed by atoms with van der Waals surface area (Å²) in [4.78, 5) is 20.9. The van der Waals surface area contributed by atoms with Gasteiger partial charge in [0.05, 0.1) is 30.6 Å². The summed E-state index contributed by atoms with van der Waals surface area (Å²) >= 11 is 0. The molecule has 5 nitrogen and oxygen atoms in total. The second kappa shape index (κ2) is 9.82. The van der Waals surface area contributed by atoms with Gasteiger partial charge in [-0.25, -0.2) is 31.9 Å². The Hall–Kier alpha value is -3.40.